The van der Waals surface area contributed by atoms with Gasteiger partial charge in [0.1, 0.15) is 0 Å². The fourth-order valence-electron chi connectivity index (χ4n) is 3.94. The number of hydrogen-bond donors (Lipinski definition) is 3. The fraction of sp³-hybridized carbons (Fsp3) is 0.385. The Hall–Kier alpha value is -2.32. The molecular weight excluding hydrogens is 526 g/mol. The Bertz CT molecular complexity index is 1080. The molecule has 0 saturated carbocycles. The second-order valence-corrected chi connectivity index (χ2v) is 9.90. The standard InChI is InChI=1S/C26H30Cl3FN4O2/c27-20-9-7-18(17-22(20)29)8-10-24(35)31-13-2-1-3-14-34-15-11-19(12-16-34)32-26(36)33-23-6-4-5-21(28)25(23)30/h4-10,17,19H,1-3,11-16H2,(H,31,35)(H2,32,33,36)/b10-8+. The number of anilines is 1. The molecule has 0 unspecified atom stereocenters. The first-order chi connectivity index (χ1) is 17.3. The van der Waals surface area contributed by atoms with Crippen molar-refractivity contribution in [2.24, 2.45) is 0 Å². The van der Waals surface area contributed by atoms with Crippen molar-refractivity contribution in [2.75, 3.05) is 31.5 Å². The van der Waals surface area contributed by atoms with Crippen molar-refractivity contribution in [3.8, 4) is 0 Å². The molecule has 0 atom stereocenters. The largest absolute Gasteiger partial charge is 0.353 e. The number of unbranched alkanes of at least 4 members (excludes halogenated alkanes) is 2. The molecule has 1 saturated heterocycles. The Labute approximate surface area is 226 Å². The Morgan fingerprint density at radius 2 is 1.78 bits per heavy atom. The number of likely N-dealkylation sites (tertiary alicyclic amines) is 1. The van der Waals surface area contributed by atoms with E-state index in [4.69, 9.17) is 34.8 Å². The van der Waals surface area contributed by atoms with Crippen LogP contribution in [0.15, 0.2) is 42.5 Å². The number of rotatable bonds is 10. The van der Waals surface area contributed by atoms with Gasteiger partial charge in [-0.2, -0.15) is 0 Å². The number of amides is 3. The normalized spacial score (nSPS) is 14.7. The van der Waals surface area contributed by atoms with E-state index in [2.05, 4.69) is 20.9 Å². The summed E-state index contributed by atoms with van der Waals surface area (Å²) >= 11 is 17.6. The number of hydrogen-bond acceptors (Lipinski definition) is 3. The van der Waals surface area contributed by atoms with Gasteiger partial charge in [-0.3, -0.25) is 4.79 Å². The van der Waals surface area contributed by atoms with E-state index in [0.717, 1.165) is 57.3 Å². The number of urea groups is 1. The molecule has 3 N–H and O–H groups in total. The van der Waals surface area contributed by atoms with Crippen LogP contribution in [0.1, 0.15) is 37.7 Å². The average molecular weight is 556 g/mol. The smallest absolute Gasteiger partial charge is 0.319 e. The molecule has 3 rings (SSSR count). The third kappa shape index (κ3) is 9.28. The highest BCUT2D eigenvalue weighted by atomic mass is 35.5. The quantitative estimate of drug-likeness (QED) is 0.236. The van der Waals surface area contributed by atoms with Crippen molar-refractivity contribution >= 4 is 58.5 Å². The highest BCUT2D eigenvalue weighted by Crippen LogP contribution is 2.23. The van der Waals surface area contributed by atoms with Crippen LogP contribution in [0.4, 0.5) is 14.9 Å². The molecule has 6 nitrogen and oxygen atoms in total. The molecule has 3 amide bonds. The minimum absolute atomic E-state index is 0.0276. The number of carbonyl (C=O) groups is 2. The van der Waals surface area contributed by atoms with Crippen molar-refractivity contribution in [1.82, 2.24) is 15.5 Å². The van der Waals surface area contributed by atoms with Gasteiger partial charge < -0.3 is 20.9 Å². The van der Waals surface area contributed by atoms with E-state index in [1.54, 1.807) is 30.3 Å². The zero-order chi connectivity index (χ0) is 25.9. The van der Waals surface area contributed by atoms with Gasteiger partial charge in [0.25, 0.3) is 0 Å². The maximum Gasteiger partial charge on any atom is 0.319 e. The molecule has 1 heterocycles. The van der Waals surface area contributed by atoms with E-state index in [1.807, 2.05) is 0 Å². The molecule has 2 aromatic rings. The summed E-state index contributed by atoms with van der Waals surface area (Å²) in [5.74, 6) is -0.777. The molecule has 36 heavy (non-hydrogen) atoms. The van der Waals surface area contributed by atoms with Crippen LogP contribution in [0.5, 0.6) is 0 Å². The molecular formula is C26H30Cl3FN4O2. The van der Waals surface area contributed by atoms with Gasteiger partial charge in [-0.15, -0.1) is 0 Å². The van der Waals surface area contributed by atoms with Crippen LogP contribution in [0.25, 0.3) is 6.08 Å². The molecule has 0 spiro atoms. The summed E-state index contributed by atoms with van der Waals surface area (Å²) < 4.78 is 13.9. The summed E-state index contributed by atoms with van der Waals surface area (Å²) in [7, 11) is 0. The first-order valence-electron chi connectivity index (χ1n) is 12.0. The zero-order valence-corrected chi connectivity index (χ0v) is 22.1. The van der Waals surface area contributed by atoms with E-state index >= 15 is 0 Å². The van der Waals surface area contributed by atoms with E-state index in [1.165, 1.54) is 18.2 Å². The monoisotopic (exact) mass is 554 g/mol. The summed E-state index contributed by atoms with van der Waals surface area (Å²) in [6.45, 7) is 3.40. The predicted octanol–water partition coefficient (Wildman–Crippen LogP) is 6.37. The predicted molar refractivity (Wildman–Crippen MR) is 145 cm³/mol. The van der Waals surface area contributed by atoms with Crippen molar-refractivity contribution in [2.45, 2.75) is 38.1 Å². The molecule has 2 aromatic carbocycles. The van der Waals surface area contributed by atoms with Crippen molar-refractivity contribution in [3.63, 3.8) is 0 Å². The third-order valence-corrected chi connectivity index (χ3v) is 6.97. The van der Waals surface area contributed by atoms with Gasteiger partial charge in [0.15, 0.2) is 5.82 Å². The van der Waals surface area contributed by atoms with Gasteiger partial charge in [0.2, 0.25) is 5.91 Å². The molecule has 194 valence electrons. The molecule has 0 aliphatic carbocycles. The van der Waals surface area contributed by atoms with Crippen LogP contribution >= 0.6 is 34.8 Å². The lowest BCUT2D eigenvalue weighted by Gasteiger charge is -2.32. The fourth-order valence-corrected chi connectivity index (χ4v) is 4.42. The summed E-state index contributed by atoms with van der Waals surface area (Å²) in [6.07, 6.45) is 7.84. The molecule has 0 aromatic heterocycles. The molecule has 0 radical (unpaired) electrons. The van der Waals surface area contributed by atoms with E-state index < -0.39 is 11.8 Å². The van der Waals surface area contributed by atoms with E-state index in [0.29, 0.717) is 16.6 Å². The summed E-state index contributed by atoms with van der Waals surface area (Å²) in [5.41, 5.74) is 0.880. The average Bonchev–Trinajstić information content (AvgIpc) is 2.86. The minimum Gasteiger partial charge on any atom is -0.353 e. The van der Waals surface area contributed by atoms with Gasteiger partial charge in [-0.05, 0) is 68.1 Å². The number of piperidine rings is 1. The van der Waals surface area contributed by atoms with Crippen molar-refractivity contribution < 1.29 is 14.0 Å². The summed E-state index contributed by atoms with van der Waals surface area (Å²) in [6, 6.07) is 9.33. The topological polar surface area (TPSA) is 73.5 Å². The first-order valence-corrected chi connectivity index (χ1v) is 13.1. The lowest BCUT2D eigenvalue weighted by Crippen LogP contribution is -2.46. The Morgan fingerprint density at radius 1 is 1.00 bits per heavy atom. The molecule has 0 bridgehead atoms. The van der Waals surface area contributed by atoms with Crippen LogP contribution in [0.2, 0.25) is 15.1 Å². The zero-order valence-electron chi connectivity index (χ0n) is 19.8. The van der Waals surface area contributed by atoms with E-state index in [-0.39, 0.29) is 22.7 Å². The van der Waals surface area contributed by atoms with Crippen LogP contribution in [0, 0.1) is 5.82 Å². The van der Waals surface area contributed by atoms with Gasteiger partial charge >= 0.3 is 6.03 Å². The van der Waals surface area contributed by atoms with Crippen molar-refractivity contribution in [1.29, 1.82) is 0 Å². The van der Waals surface area contributed by atoms with Gasteiger partial charge in [0.05, 0.1) is 20.8 Å². The van der Waals surface area contributed by atoms with E-state index in [9.17, 15) is 14.0 Å². The number of benzene rings is 2. The number of nitrogens with one attached hydrogen (secondary N) is 3. The van der Waals surface area contributed by atoms with Crippen LogP contribution < -0.4 is 16.0 Å². The summed E-state index contributed by atoms with van der Waals surface area (Å²) in [4.78, 5) is 26.5. The van der Waals surface area contributed by atoms with Crippen molar-refractivity contribution in [3.05, 3.63) is 68.9 Å². The number of nitrogens with zero attached hydrogens (tertiary/aromatic N) is 1. The molecule has 1 aliphatic heterocycles. The maximum atomic E-state index is 13.9. The summed E-state index contributed by atoms with van der Waals surface area (Å²) in [5, 5.41) is 9.23. The molecule has 1 aliphatic rings. The molecule has 1 fully saturated rings. The number of carbonyl (C=O) groups excluding carboxylic acids is 2. The Kier molecular flexibility index (Phi) is 11.3. The Balaban J connectivity index is 1.23. The second-order valence-electron chi connectivity index (χ2n) is 8.67. The minimum atomic E-state index is -0.636. The van der Waals surface area contributed by atoms with Gasteiger partial charge in [-0.25, -0.2) is 9.18 Å². The highest BCUT2D eigenvalue weighted by Gasteiger charge is 2.21. The van der Waals surface area contributed by atoms with Crippen LogP contribution in [-0.4, -0.2) is 49.1 Å². The lowest BCUT2D eigenvalue weighted by molar-refractivity contribution is -0.116. The number of halogens is 4. The van der Waals surface area contributed by atoms with Gasteiger partial charge in [-0.1, -0.05) is 53.4 Å². The second kappa shape index (κ2) is 14.4. The third-order valence-electron chi connectivity index (χ3n) is 5.94. The highest BCUT2D eigenvalue weighted by molar-refractivity contribution is 6.42. The first kappa shape index (κ1) is 28.3. The Morgan fingerprint density at radius 3 is 2.53 bits per heavy atom. The van der Waals surface area contributed by atoms with Gasteiger partial charge in [0, 0.05) is 31.8 Å². The van der Waals surface area contributed by atoms with Crippen LogP contribution in [-0.2, 0) is 4.79 Å². The SMILES string of the molecule is O=C(/C=C/c1ccc(Cl)c(Cl)c1)NCCCCCN1CCC(NC(=O)Nc2cccc(Cl)c2F)CC1. The van der Waals surface area contributed by atoms with Crippen LogP contribution in [0.3, 0.4) is 0 Å². The lowest BCUT2D eigenvalue weighted by atomic mass is 10.0. The molecule has 10 heteroatoms. The maximum absolute atomic E-state index is 13.9.